The standard InChI is InChI=1S/C23H19N3O3.C4H8O2/c24-22(27)15-14-21-23(26-20-9-5-4-8-19(20)25-21)29-18-12-10-17(11-13-18)28-16-6-2-1-3-7-16;1-3-4(5)6-2/h1-13H,14-15H2,(H2,24,27);3H2,1-2H3. The van der Waals surface area contributed by atoms with Crippen molar-refractivity contribution in [3.05, 3.63) is 84.6 Å². The minimum Gasteiger partial charge on any atom is -0.469 e. The van der Waals surface area contributed by atoms with Gasteiger partial charge in [0.25, 0.3) is 0 Å². The number of carbonyl (C=O) groups excluding carboxylic acids is 2. The largest absolute Gasteiger partial charge is 0.469 e. The molecule has 1 amide bonds. The van der Waals surface area contributed by atoms with Gasteiger partial charge in [0.15, 0.2) is 0 Å². The molecule has 0 radical (unpaired) electrons. The first kappa shape index (κ1) is 25.2. The van der Waals surface area contributed by atoms with Crippen LogP contribution in [-0.4, -0.2) is 29.0 Å². The highest BCUT2D eigenvalue weighted by molar-refractivity contribution is 5.76. The van der Waals surface area contributed by atoms with Crippen LogP contribution in [0.2, 0.25) is 0 Å². The number of esters is 1. The van der Waals surface area contributed by atoms with Gasteiger partial charge in [0, 0.05) is 19.3 Å². The van der Waals surface area contributed by atoms with Crippen molar-refractivity contribution in [2.24, 2.45) is 5.73 Å². The lowest BCUT2D eigenvalue weighted by Crippen LogP contribution is -2.12. The van der Waals surface area contributed by atoms with Crippen LogP contribution in [0.4, 0.5) is 0 Å². The highest BCUT2D eigenvalue weighted by atomic mass is 16.5. The number of ether oxygens (including phenoxy) is 3. The van der Waals surface area contributed by atoms with Gasteiger partial charge < -0.3 is 19.9 Å². The number of nitrogens with two attached hydrogens (primary N) is 1. The minimum absolute atomic E-state index is 0.157. The van der Waals surface area contributed by atoms with Crippen molar-refractivity contribution in [2.45, 2.75) is 26.2 Å². The number of benzene rings is 3. The number of hydrogen-bond acceptors (Lipinski definition) is 7. The van der Waals surface area contributed by atoms with Crippen molar-refractivity contribution in [3.63, 3.8) is 0 Å². The quantitative estimate of drug-likeness (QED) is 0.350. The lowest BCUT2D eigenvalue weighted by molar-refractivity contribution is -0.140. The molecule has 1 aromatic heterocycles. The van der Waals surface area contributed by atoms with Crippen molar-refractivity contribution in [3.8, 4) is 23.1 Å². The van der Waals surface area contributed by atoms with E-state index < -0.39 is 5.91 Å². The molecule has 8 nitrogen and oxygen atoms in total. The fourth-order valence-corrected chi connectivity index (χ4v) is 2.96. The zero-order valence-corrected chi connectivity index (χ0v) is 19.6. The number of carbonyl (C=O) groups is 2. The summed E-state index contributed by atoms with van der Waals surface area (Å²) in [7, 11) is 1.38. The van der Waals surface area contributed by atoms with Crippen molar-refractivity contribution in [2.75, 3.05) is 7.11 Å². The maximum Gasteiger partial charge on any atom is 0.305 e. The molecule has 0 fully saturated rings. The Kier molecular flexibility index (Phi) is 9.13. The van der Waals surface area contributed by atoms with Gasteiger partial charge in [-0.1, -0.05) is 37.3 Å². The minimum atomic E-state index is -0.395. The van der Waals surface area contributed by atoms with Crippen molar-refractivity contribution >= 4 is 22.9 Å². The highest BCUT2D eigenvalue weighted by Crippen LogP contribution is 2.28. The fraction of sp³-hybridized carbons (Fsp3) is 0.185. The first-order valence-electron chi connectivity index (χ1n) is 11.1. The molecule has 35 heavy (non-hydrogen) atoms. The van der Waals surface area contributed by atoms with Crippen LogP contribution in [0.25, 0.3) is 11.0 Å². The van der Waals surface area contributed by atoms with Crippen LogP contribution < -0.4 is 15.2 Å². The van der Waals surface area contributed by atoms with Gasteiger partial charge in [0.05, 0.1) is 18.1 Å². The predicted octanol–water partition coefficient (Wildman–Crippen LogP) is 5.20. The van der Waals surface area contributed by atoms with Gasteiger partial charge in [0.2, 0.25) is 11.8 Å². The second-order valence-electron chi connectivity index (χ2n) is 7.35. The summed E-state index contributed by atoms with van der Waals surface area (Å²) in [4.78, 5) is 30.3. The lowest BCUT2D eigenvalue weighted by Gasteiger charge is -2.11. The zero-order chi connectivity index (χ0) is 25.0. The van der Waals surface area contributed by atoms with Crippen LogP contribution in [0.5, 0.6) is 23.1 Å². The summed E-state index contributed by atoms with van der Waals surface area (Å²) < 4.78 is 16.0. The summed E-state index contributed by atoms with van der Waals surface area (Å²) >= 11 is 0. The van der Waals surface area contributed by atoms with Crippen LogP contribution >= 0.6 is 0 Å². The number of rotatable bonds is 8. The molecule has 0 aliphatic rings. The summed E-state index contributed by atoms with van der Waals surface area (Å²) in [5.41, 5.74) is 7.34. The topological polar surface area (TPSA) is 114 Å². The van der Waals surface area contributed by atoms with E-state index in [1.165, 1.54) is 7.11 Å². The summed E-state index contributed by atoms with van der Waals surface area (Å²) in [5.74, 6) is 1.86. The third kappa shape index (κ3) is 7.82. The molecule has 4 aromatic rings. The number of aryl methyl sites for hydroxylation is 1. The number of amides is 1. The zero-order valence-electron chi connectivity index (χ0n) is 19.6. The van der Waals surface area contributed by atoms with E-state index in [1.54, 1.807) is 19.1 Å². The normalized spacial score (nSPS) is 10.1. The number of hydrogen-bond donors (Lipinski definition) is 1. The fourth-order valence-electron chi connectivity index (χ4n) is 2.96. The Hall–Kier alpha value is -4.46. The van der Waals surface area contributed by atoms with Gasteiger partial charge >= 0.3 is 5.97 Å². The Balaban J connectivity index is 0.000000509. The second kappa shape index (κ2) is 12.7. The van der Waals surface area contributed by atoms with Crippen molar-refractivity contribution in [1.29, 1.82) is 0 Å². The second-order valence-corrected chi connectivity index (χ2v) is 7.35. The first-order chi connectivity index (χ1) is 17.0. The van der Waals surface area contributed by atoms with E-state index in [9.17, 15) is 9.59 Å². The average Bonchev–Trinajstić information content (AvgIpc) is 2.89. The molecule has 4 rings (SSSR count). The monoisotopic (exact) mass is 473 g/mol. The Bertz CT molecular complexity index is 1260. The Labute approximate surface area is 203 Å². The lowest BCUT2D eigenvalue weighted by atomic mass is 10.2. The van der Waals surface area contributed by atoms with E-state index in [1.807, 2.05) is 66.7 Å². The summed E-state index contributed by atoms with van der Waals surface area (Å²) in [6, 6.07) is 24.3. The summed E-state index contributed by atoms with van der Waals surface area (Å²) in [5, 5.41) is 0. The van der Waals surface area contributed by atoms with E-state index in [0.29, 0.717) is 41.4 Å². The molecule has 0 aliphatic heterocycles. The van der Waals surface area contributed by atoms with Crippen LogP contribution in [-0.2, 0) is 20.7 Å². The summed E-state index contributed by atoms with van der Waals surface area (Å²) in [6.07, 6.45) is 1.00. The van der Waals surface area contributed by atoms with Crippen molar-refractivity contribution < 1.29 is 23.8 Å². The number of methoxy groups -OCH3 is 1. The Morgan fingerprint density at radius 3 is 1.86 bits per heavy atom. The molecular weight excluding hydrogens is 446 g/mol. The van der Waals surface area contributed by atoms with Crippen LogP contribution in [0.15, 0.2) is 78.9 Å². The smallest absolute Gasteiger partial charge is 0.305 e. The van der Waals surface area contributed by atoms with Crippen LogP contribution in [0.1, 0.15) is 25.5 Å². The van der Waals surface area contributed by atoms with Gasteiger partial charge in [0.1, 0.15) is 22.9 Å². The molecule has 0 saturated carbocycles. The van der Waals surface area contributed by atoms with Gasteiger partial charge in [-0.25, -0.2) is 9.97 Å². The molecule has 0 atom stereocenters. The third-order valence-electron chi connectivity index (χ3n) is 4.75. The van der Waals surface area contributed by atoms with Gasteiger partial charge in [-0.3, -0.25) is 9.59 Å². The molecule has 180 valence electrons. The van der Waals surface area contributed by atoms with Gasteiger partial charge in [-0.15, -0.1) is 0 Å². The molecule has 3 aromatic carbocycles. The number of para-hydroxylation sites is 3. The Morgan fingerprint density at radius 1 is 0.771 bits per heavy atom. The molecule has 8 heteroatoms. The Morgan fingerprint density at radius 2 is 1.31 bits per heavy atom. The third-order valence-corrected chi connectivity index (χ3v) is 4.75. The molecule has 0 bridgehead atoms. The van der Waals surface area contributed by atoms with Crippen molar-refractivity contribution in [1.82, 2.24) is 9.97 Å². The van der Waals surface area contributed by atoms with E-state index in [-0.39, 0.29) is 12.4 Å². The molecule has 0 unspecified atom stereocenters. The predicted molar refractivity (Wildman–Crippen MR) is 132 cm³/mol. The van der Waals surface area contributed by atoms with Crippen LogP contribution in [0.3, 0.4) is 0 Å². The van der Waals surface area contributed by atoms with E-state index in [0.717, 1.165) is 11.3 Å². The molecule has 2 N–H and O–H groups in total. The molecule has 0 saturated heterocycles. The maximum atomic E-state index is 11.2. The SMILES string of the molecule is CCC(=O)OC.NC(=O)CCc1nc2ccccc2nc1Oc1ccc(Oc2ccccc2)cc1. The maximum absolute atomic E-state index is 11.2. The molecule has 1 heterocycles. The number of nitrogens with zero attached hydrogens (tertiary/aromatic N) is 2. The first-order valence-corrected chi connectivity index (χ1v) is 11.1. The average molecular weight is 474 g/mol. The van der Waals surface area contributed by atoms with Crippen LogP contribution in [0, 0.1) is 0 Å². The van der Waals surface area contributed by atoms with E-state index in [4.69, 9.17) is 15.2 Å². The number of fused-ring (bicyclic) bond motifs is 1. The molecule has 0 spiro atoms. The van der Waals surface area contributed by atoms with E-state index >= 15 is 0 Å². The van der Waals surface area contributed by atoms with Gasteiger partial charge in [-0.2, -0.15) is 0 Å². The highest BCUT2D eigenvalue weighted by Gasteiger charge is 2.12. The summed E-state index contributed by atoms with van der Waals surface area (Å²) in [6.45, 7) is 1.76. The van der Waals surface area contributed by atoms with Gasteiger partial charge in [-0.05, 0) is 48.5 Å². The number of primary amides is 1. The van der Waals surface area contributed by atoms with E-state index in [2.05, 4.69) is 14.7 Å². The molecular formula is C27H27N3O5. The number of aromatic nitrogens is 2. The molecule has 0 aliphatic carbocycles.